The van der Waals surface area contributed by atoms with Crippen LogP contribution >= 0.6 is 12.2 Å². The van der Waals surface area contributed by atoms with E-state index in [-0.39, 0.29) is 5.91 Å². The molecular weight excluding hydrogens is 260 g/mol. The number of carbonyl (C=O) groups is 1. The van der Waals surface area contributed by atoms with Crippen LogP contribution in [0.2, 0.25) is 0 Å². The molecule has 2 N–H and O–H groups in total. The summed E-state index contributed by atoms with van der Waals surface area (Å²) in [7, 11) is 5.96. The number of rotatable bonds is 7. The van der Waals surface area contributed by atoms with E-state index in [9.17, 15) is 4.79 Å². The zero-order chi connectivity index (χ0) is 14.4. The molecule has 0 aromatic carbocycles. The van der Waals surface area contributed by atoms with Crippen molar-refractivity contribution < 1.29 is 4.79 Å². The van der Waals surface area contributed by atoms with E-state index in [4.69, 9.17) is 18.0 Å². The Hall–Kier alpha value is -0.720. The van der Waals surface area contributed by atoms with E-state index in [0.717, 1.165) is 6.54 Å². The van der Waals surface area contributed by atoms with Crippen molar-refractivity contribution in [3.63, 3.8) is 0 Å². The molecule has 6 heteroatoms. The van der Waals surface area contributed by atoms with Crippen LogP contribution in [0.5, 0.6) is 0 Å². The Bertz CT molecular complexity index is 324. The first-order valence-electron chi connectivity index (χ1n) is 6.81. The van der Waals surface area contributed by atoms with E-state index in [0.29, 0.717) is 30.5 Å². The lowest BCUT2D eigenvalue weighted by molar-refractivity contribution is -0.130. The maximum absolute atomic E-state index is 12.0. The van der Waals surface area contributed by atoms with Gasteiger partial charge in [0.25, 0.3) is 0 Å². The summed E-state index contributed by atoms with van der Waals surface area (Å²) in [5.41, 5.74) is 5.44. The van der Waals surface area contributed by atoms with Crippen LogP contribution in [-0.4, -0.2) is 79.0 Å². The molecule has 1 aliphatic rings. The summed E-state index contributed by atoms with van der Waals surface area (Å²) in [5, 5.41) is 0. The number of hydrogen-bond donors (Lipinski definition) is 1. The molecule has 19 heavy (non-hydrogen) atoms. The highest BCUT2D eigenvalue weighted by Crippen LogP contribution is 2.15. The van der Waals surface area contributed by atoms with Crippen LogP contribution in [0.25, 0.3) is 0 Å². The van der Waals surface area contributed by atoms with Crippen LogP contribution in [0.3, 0.4) is 0 Å². The van der Waals surface area contributed by atoms with Gasteiger partial charge in [-0.2, -0.15) is 0 Å². The predicted octanol–water partition coefficient (Wildman–Crippen LogP) is 0.147. The second-order valence-corrected chi connectivity index (χ2v) is 6.03. The second-order valence-electron chi connectivity index (χ2n) is 5.51. The SMILES string of the molecule is CN(CC(=O)N(C)CCC(N)=S)CC1CCCN1C. The number of nitrogens with zero attached hydrogens (tertiary/aromatic N) is 3. The third-order valence-electron chi connectivity index (χ3n) is 3.72. The van der Waals surface area contributed by atoms with Crippen molar-refractivity contribution in [1.29, 1.82) is 0 Å². The lowest BCUT2D eigenvalue weighted by Crippen LogP contribution is -2.42. The molecule has 0 saturated carbocycles. The number of likely N-dealkylation sites (tertiary alicyclic amines) is 1. The van der Waals surface area contributed by atoms with Gasteiger partial charge in [0.1, 0.15) is 0 Å². The van der Waals surface area contributed by atoms with Crippen molar-refractivity contribution >= 4 is 23.1 Å². The first kappa shape index (κ1) is 16.3. The number of thiocarbonyl (C=S) groups is 1. The van der Waals surface area contributed by atoms with Gasteiger partial charge in [-0.05, 0) is 33.5 Å². The fraction of sp³-hybridized carbons (Fsp3) is 0.846. The van der Waals surface area contributed by atoms with Crippen LogP contribution in [0.1, 0.15) is 19.3 Å². The lowest BCUT2D eigenvalue weighted by Gasteiger charge is -2.27. The van der Waals surface area contributed by atoms with E-state index < -0.39 is 0 Å². The average molecular weight is 286 g/mol. The van der Waals surface area contributed by atoms with Crippen molar-refractivity contribution in [1.82, 2.24) is 14.7 Å². The van der Waals surface area contributed by atoms with Gasteiger partial charge in [-0.3, -0.25) is 9.69 Å². The molecule has 0 radical (unpaired) electrons. The molecule has 1 atom stereocenters. The summed E-state index contributed by atoms with van der Waals surface area (Å²) in [6.07, 6.45) is 3.08. The maximum Gasteiger partial charge on any atom is 0.236 e. The van der Waals surface area contributed by atoms with Crippen molar-refractivity contribution in [3.05, 3.63) is 0 Å². The summed E-state index contributed by atoms with van der Waals surface area (Å²) in [6.45, 7) is 3.18. The molecule has 0 bridgehead atoms. The van der Waals surface area contributed by atoms with Gasteiger partial charge in [-0.25, -0.2) is 0 Å². The highest BCUT2D eigenvalue weighted by Gasteiger charge is 2.23. The number of nitrogens with two attached hydrogens (primary N) is 1. The van der Waals surface area contributed by atoms with Gasteiger partial charge >= 0.3 is 0 Å². The fourth-order valence-corrected chi connectivity index (χ4v) is 2.48. The van der Waals surface area contributed by atoms with Gasteiger partial charge in [-0.15, -0.1) is 0 Å². The lowest BCUT2D eigenvalue weighted by atomic mass is 10.2. The zero-order valence-electron chi connectivity index (χ0n) is 12.3. The van der Waals surface area contributed by atoms with Crippen LogP contribution < -0.4 is 5.73 Å². The minimum atomic E-state index is 0.124. The summed E-state index contributed by atoms with van der Waals surface area (Å²) < 4.78 is 0. The summed E-state index contributed by atoms with van der Waals surface area (Å²) in [5.74, 6) is 0.124. The van der Waals surface area contributed by atoms with Crippen molar-refractivity contribution in [2.75, 3.05) is 47.3 Å². The van der Waals surface area contributed by atoms with Crippen molar-refractivity contribution in [2.45, 2.75) is 25.3 Å². The van der Waals surface area contributed by atoms with Crippen molar-refractivity contribution in [2.24, 2.45) is 5.73 Å². The Morgan fingerprint density at radius 1 is 1.47 bits per heavy atom. The third-order valence-corrected chi connectivity index (χ3v) is 3.92. The van der Waals surface area contributed by atoms with E-state index in [1.807, 2.05) is 7.05 Å². The van der Waals surface area contributed by atoms with E-state index >= 15 is 0 Å². The molecule has 1 fully saturated rings. The number of carbonyl (C=O) groups excluding carboxylic acids is 1. The highest BCUT2D eigenvalue weighted by atomic mass is 32.1. The maximum atomic E-state index is 12.0. The molecule has 1 amide bonds. The molecule has 0 aromatic rings. The normalized spacial score (nSPS) is 19.9. The summed E-state index contributed by atoms with van der Waals surface area (Å²) in [4.78, 5) is 18.6. The molecule has 1 saturated heterocycles. The van der Waals surface area contributed by atoms with E-state index in [1.54, 1.807) is 11.9 Å². The Balaban J connectivity index is 2.28. The van der Waals surface area contributed by atoms with Gasteiger partial charge in [0.15, 0.2) is 0 Å². The van der Waals surface area contributed by atoms with E-state index in [1.165, 1.54) is 19.4 Å². The highest BCUT2D eigenvalue weighted by molar-refractivity contribution is 7.80. The molecule has 1 unspecified atom stereocenters. The largest absolute Gasteiger partial charge is 0.393 e. The van der Waals surface area contributed by atoms with E-state index in [2.05, 4.69) is 16.8 Å². The Morgan fingerprint density at radius 3 is 2.68 bits per heavy atom. The molecule has 1 rings (SSSR count). The first-order valence-corrected chi connectivity index (χ1v) is 7.22. The van der Waals surface area contributed by atoms with Gasteiger partial charge in [0.05, 0.1) is 11.5 Å². The Labute approximate surface area is 121 Å². The van der Waals surface area contributed by atoms with Crippen LogP contribution in [0.15, 0.2) is 0 Å². The van der Waals surface area contributed by atoms with Gasteiger partial charge in [0.2, 0.25) is 5.91 Å². The van der Waals surface area contributed by atoms with Gasteiger partial charge in [0, 0.05) is 32.6 Å². The zero-order valence-corrected chi connectivity index (χ0v) is 13.1. The third kappa shape index (κ3) is 5.84. The van der Waals surface area contributed by atoms with Crippen LogP contribution in [0.4, 0.5) is 0 Å². The molecule has 0 aliphatic carbocycles. The number of likely N-dealkylation sites (N-methyl/N-ethyl adjacent to an activating group) is 3. The number of hydrogen-bond acceptors (Lipinski definition) is 4. The molecule has 110 valence electrons. The van der Waals surface area contributed by atoms with Gasteiger partial charge in [-0.1, -0.05) is 12.2 Å². The summed E-state index contributed by atoms with van der Waals surface area (Å²) in [6, 6.07) is 0.583. The molecule has 0 aromatic heterocycles. The summed E-state index contributed by atoms with van der Waals surface area (Å²) >= 11 is 4.82. The molecule has 1 aliphatic heterocycles. The Kier molecular flexibility index (Phi) is 6.68. The Morgan fingerprint density at radius 2 is 2.16 bits per heavy atom. The quantitative estimate of drug-likeness (QED) is 0.675. The second kappa shape index (κ2) is 7.77. The topological polar surface area (TPSA) is 52.8 Å². The van der Waals surface area contributed by atoms with Crippen LogP contribution in [0, 0.1) is 0 Å². The fourth-order valence-electron chi connectivity index (χ4n) is 2.39. The molecular formula is C13H26N4OS. The number of amides is 1. The minimum Gasteiger partial charge on any atom is -0.393 e. The minimum absolute atomic E-state index is 0.124. The van der Waals surface area contributed by atoms with Gasteiger partial charge < -0.3 is 15.5 Å². The molecule has 5 nitrogen and oxygen atoms in total. The predicted molar refractivity (Wildman–Crippen MR) is 82.2 cm³/mol. The smallest absolute Gasteiger partial charge is 0.236 e. The van der Waals surface area contributed by atoms with Crippen molar-refractivity contribution in [3.8, 4) is 0 Å². The first-order chi connectivity index (χ1) is 8.90. The molecule has 0 spiro atoms. The monoisotopic (exact) mass is 286 g/mol. The molecule has 1 heterocycles. The standard InChI is InChI=1S/C13H26N4OS/c1-15(9-11-5-4-7-16(11)2)10-13(18)17(3)8-6-12(14)19/h11H,4-10H2,1-3H3,(H2,14,19). The average Bonchev–Trinajstić information content (AvgIpc) is 2.71. The van der Waals surface area contributed by atoms with Crippen LogP contribution in [-0.2, 0) is 4.79 Å².